The van der Waals surface area contributed by atoms with Gasteiger partial charge in [0.2, 0.25) is 0 Å². The number of carbonyl (C=O) groups is 2. The summed E-state index contributed by atoms with van der Waals surface area (Å²) in [7, 11) is -7.93. The van der Waals surface area contributed by atoms with Crippen molar-refractivity contribution in [2.75, 3.05) is 13.2 Å². The molecular formula is C75H128O10Si4. The predicted octanol–water partition coefficient (Wildman–Crippen LogP) is 20.6. The summed E-state index contributed by atoms with van der Waals surface area (Å²) in [5.41, 5.74) is 10.5. The lowest BCUT2D eigenvalue weighted by Crippen LogP contribution is -2.49. The van der Waals surface area contributed by atoms with Crippen LogP contribution in [0, 0.1) is 22.7 Å². The van der Waals surface area contributed by atoms with E-state index in [9.17, 15) is 9.59 Å². The lowest BCUT2D eigenvalue weighted by molar-refractivity contribution is -0.155. The molecule has 1 N–H and O–H groups in total. The highest BCUT2D eigenvalue weighted by Gasteiger charge is 2.50. The second-order valence-corrected chi connectivity index (χ2v) is 53.7. The largest absolute Gasteiger partial charge is 0.480 e. The number of hydrogen-bond donors (Lipinski definition) is 1. The van der Waals surface area contributed by atoms with Gasteiger partial charge in [-0.1, -0.05) is 158 Å². The number of allylic oxidation sites excluding steroid dienone is 8. The maximum atomic E-state index is 12.5. The van der Waals surface area contributed by atoms with E-state index in [4.69, 9.17) is 37.0 Å². The number of ether oxygens (including phenoxy) is 3. The highest BCUT2D eigenvalue weighted by molar-refractivity contribution is 6.75. The van der Waals surface area contributed by atoms with Crippen molar-refractivity contribution in [3.63, 3.8) is 0 Å². The Kier molecular flexibility index (Phi) is 24.5. The molecule has 1 unspecified atom stereocenters. The fourth-order valence-corrected chi connectivity index (χ4v) is 19.6. The molecule has 504 valence electrons. The number of carboxylic acid groups (broad SMARTS) is 1. The van der Waals surface area contributed by atoms with Gasteiger partial charge in [-0.15, -0.1) is 0 Å². The molecule has 10 atom stereocenters. The number of carboxylic acids is 1. The number of aliphatic carboxylic acids is 1. The van der Waals surface area contributed by atoms with Gasteiger partial charge < -0.3 is 37.0 Å². The summed E-state index contributed by atoms with van der Waals surface area (Å²) in [6, 6.07) is 0. The summed E-state index contributed by atoms with van der Waals surface area (Å²) >= 11 is 0. The molecule has 0 amide bonds. The maximum absolute atomic E-state index is 12.5. The van der Waals surface area contributed by atoms with E-state index >= 15 is 0 Å². The smallest absolute Gasteiger partial charge is 0.332 e. The van der Waals surface area contributed by atoms with E-state index in [2.05, 4.69) is 206 Å². The minimum atomic E-state index is -2.01. The lowest BCUT2D eigenvalue weighted by Gasteiger charge is -2.45. The third kappa shape index (κ3) is 18.3. The van der Waals surface area contributed by atoms with Crippen molar-refractivity contribution in [1.29, 1.82) is 0 Å². The average Bonchev–Trinajstić information content (AvgIpc) is 1.69. The summed E-state index contributed by atoms with van der Waals surface area (Å²) in [5.74, 6) is -0.268. The van der Waals surface area contributed by atoms with Crippen molar-refractivity contribution in [2.24, 2.45) is 22.7 Å². The van der Waals surface area contributed by atoms with Gasteiger partial charge >= 0.3 is 11.9 Å². The zero-order chi connectivity index (χ0) is 66.9. The molecule has 0 aliphatic heterocycles. The molecule has 7 aliphatic carbocycles. The number of fused-ring (bicyclic) bond motifs is 2. The van der Waals surface area contributed by atoms with Crippen LogP contribution in [0.25, 0.3) is 0 Å². The number of hydrogen-bond acceptors (Lipinski definition) is 9. The van der Waals surface area contributed by atoms with Crippen molar-refractivity contribution >= 4 is 45.2 Å². The van der Waals surface area contributed by atoms with Crippen LogP contribution in [0.4, 0.5) is 0 Å². The van der Waals surface area contributed by atoms with Crippen LogP contribution in [0.1, 0.15) is 214 Å². The van der Waals surface area contributed by atoms with Gasteiger partial charge in [0.1, 0.15) is 19.3 Å². The summed E-state index contributed by atoms with van der Waals surface area (Å²) < 4.78 is 45.7. The molecule has 10 nitrogen and oxygen atoms in total. The van der Waals surface area contributed by atoms with Gasteiger partial charge in [0.25, 0.3) is 0 Å². The van der Waals surface area contributed by atoms with E-state index in [-0.39, 0.29) is 92.9 Å². The van der Waals surface area contributed by atoms with Crippen LogP contribution in [0.2, 0.25) is 72.5 Å². The first-order chi connectivity index (χ1) is 40.7. The predicted molar refractivity (Wildman–Crippen MR) is 380 cm³/mol. The minimum absolute atomic E-state index is 0.00599. The molecule has 7 aliphatic rings. The summed E-state index contributed by atoms with van der Waals surface area (Å²) in [5, 5.41) is 9.67. The Morgan fingerprint density at radius 2 is 0.899 bits per heavy atom. The first-order valence-corrected chi connectivity index (χ1v) is 46.3. The van der Waals surface area contributed by atoms with Gasteiger partial charge in [-0.25, -0.2) is 9.59 Å². The van der Waals surface area contributed by atoms with E-state index in [1.807, 2.05) is 6.92 Å². The maximum Gasteiger partial charge on any atom is 0.332 e. The van der Waals surface area contributed by atoms with Crippen LogP contribution in [-0.4, -0.2) is 106 Å². The quantitative estimate of drug-likeness (QED) is 0.0761. The van der Waals surface area contributed by atoms with Crippen LogP contribution in [0.5, 0.6) is 0 Å². The molecule has 7 rings (SSSR count). The molecule has 5 saturated carbocycles. The zero-order valence-electron chi connectivity index (χ0n) is 60.9. The van der Waals surface area contributed by atoms with Crippen LogP contribution in [0.3, 0.4) is 0 Å². The second-order valence-electron chi connectivity index (χ2n) is 34.7. The van der Waals surface area contributed by atoms with E-state index in [0.29, 0.717) is 11.8 Å². The fourth-order valence-electron chi connectivity index (χ4n) is 14.3. The van der Waals surface area contributed by atoms with E-state index in [1.165, 1.54) is 33.4 Å². The normalized spacial score (nSPS) is 30.5. The molecule has 0 saturated heterocycles. The van der Waals surface area contributed by atoms with Crippen LogP contribution >= 0.6 is 0 Å². The molecule has 0 aromatic heterocycles. The minimum Gasteiger partial charge on any atom is -0.480 e. The number of esters is 1. The van der Waals surface area contributed by atoms with Crippen molar-refractivity contribution in [2.45, 2.75) is 329 Å². The van der Waals surface area contributed by atoms with Gasteiger partial charge in [-0.2, -0.15) is 0 Å². The Morgan fingerprint density at radius 3 is 1.25 bits per heavy atom. The lowest BCUT2D eigenvalue weighted by atomic mass is 9.63. The molecule has 14 heteroatoms. The SMILES string of the molecule is C=C1C(=CC=C2CCC[C@]3(C)C([C@H](C)OCC(=O)O)=CCC23)C[C@@H](O[Si](C)(C)C(C)(C)C)C[C@@H]1O[Si](C)(C)C(C)(C)C.C=C1C(=CC=C2CCC[C@]3(C)C([C@H](C)OCC(=O)OC4CCCC4)=CC[C@@H]23)C[C@@H](O[Si](C)(C)C(C)(C)C)C[C@@H]1O[Si](C)(C)C(C)(C)C. The van der Waals surface area contributed by atoms with Gasteiger partial charge in [-0.05, 0) is 232 Å². The Hall–Kier alpha value is -2.51. The fraction of sp³-hybridized carbons (Fsp3) is 0.760. The monoisotopic (exact) mass is 1300 g/mol. The molecule has 0 heterocycles. The molecule has 0 radical (unpaired) electrons. The molecular weight excluding hydrogens is 1170 g/mol. The highest BCUT2D eigenvalue weighted by Crippen LogP contribution is 2.58. The standard InChI is InChI=1S/C40H68O5Si2.C35H60O5Si2/c1-28-31(25-33(44-46(10,11)38(3,4)5)26-36(28)45-47(12,13)39(6,7)8)21-20-30-17-16-24-40(9)34(22-23-35(30)40)29(2)42-27-37(41)43-32-18-14-15-19-32;1-24-27(17-16-26-15-14-20-35(9)29(18-19-30(26)35)25(2)38-23-32(36)37)21-28(39-41(10,11)33(3,4)5)22-31(24)40-42(12,13)34(6,7)8/h20-22,29,32-33,35-36H,1,14-19,23-27H2,2-13H3;16-18,25,28,30-31H,1,14-15,19-23H2,2-13H3,(H,36,37)/t29-,33+,35-,36-,40+;25-,28+,30?,31-,35+/m00/s1. The van der Waals surface area contributed by atoms with Gasteiger partial charge in [0, 0.05) is 12.8 Å². The highest BCUT2D eigenvalue weighted by atomic mass is 28.4. The molecule has 89 heavy (non-hydrogen) atoms. The Bertz CT molecular complexity index is 2720. The summed E-state index contributed by atoms with van der Waals surface area (Å²) in [6.07, 6.45) is 30.8. The third-order valence-electron chi connectivity index (χ3n) is 24.1. The zero-order valence-corrected chi connectivity index (χ0v) is 64.9. The van der Waals surface area contributed by atoms with Crippen molar-refractivity contribution in [3.05, 3.63) is 94.2 Å². The van der Waals surface area contributed by atoms with Crippen LogP contribution in [0.15, 0.2) is 94.2 Å². The van der Waals surface area contributed by atoms with Gasteiger partial charge in [0.15, 0.2) is 33.3 Å². The molecule has 0 bridgehead atoms. The Balaban J connectivity index is 0.000000286. The molecule has 0 aromatic rings. The Morgan fingerprint density at radius 1 is 0.551 bits per heavy atom. The van der Waals surface area contributed by atoms with Crippen molar-refractivity contribution < 1.29 is 46.6 Å². The first kappa shape index (κ1) is 75.5. The number of carbonyl (C=O) groups excluding carboxylic acids is 1. The number of rotatable bonds is 19. The molecule has 0 spiro atoms. The van der Waals surface area contributed by atoms with Gasteiger partial charge in [-0.3, -0.25) is 0 Å². The second kappa shape index (κ2) is 28.8. The first-order valence-electron chi connectivity index (χ1n) is 34.7. The van der Waals surface area contributed by atoms with E-state index in [1.54, 1.807) is 0 Å². The van der Waals surface area contributed by atoms with Crippen LogP contribution < -0.4 is 0 Å². The molecule has 5 fully saturated rings. The van der Waals surface area contributed by atoms with Crippen molar-refractivity contribution in [3.8, 4) is 0 Å². The molecule has 0 aromatic carbocycles. The summed E-state index contributed by atoms with van der Waals surface area (Å²) in [6.45, 7) is 64.4. The third-order valence-corrected chi connectivity index (χ3v) is 42.1. The van der Waals surface area contributed by atoms with Crippen LogP contribution in [-0.2, 0) is 41.5 Å². The topological polar surface area (TPSA) is 119 Å². The average molecular weight is 1300 g/mol. The van der Waals surface area contributed by atoms with E-state index < -0.39 is 39.2 Å². The van der Waals surface area contributed by atoms with E-state index in [0.717, 1.165) is 114 Å². The Labute approximate surface area is 547 Å². The summed E-state index contributed by atoms with van der Waals surface area (Å²) in [4.78, 5) is 23.6. The van der Waals surface area contributed by atoms with Crippen molar-refractivity contribution in [1.82, 2.24) is 0 Å². The van der Waals surface area contributed by atoms with Gasteiger partial charge in [0.05, 0.1) is 36.6 Å².